The standard InChI is InChI=1S/C25H31N6O3/c1-19-18-31-21-22(26-24(31)29(19)13-7-11-28-14-16-34-17-15-28)27(2)25(33)30(23(21)32)12-6-10-20-8-4-3-5-9-20/h3-6,8-10,18,21H,7,11-17H2,1-2H3/q+1/b10-6+. The van der Waals surface area contributed by atoms with E-state index in [0.29, 0.717) is 5.84 Å². The van der Waals surface area contributed by atoms with Crippen molar-refractivity contribution < 1.29 is 18.9 Å². The van der Waals surface area contributed by atoms with Crippen LogP contribution >= 0.6 is 0 Å². The third kappa shape index (κ3) is 4.17. The van der Waals surface area contributed by atoms with Crippen molar-refractivity contribution in [3.8, 4) is 0 Å². The summed E-state index contributed by atoms with van der Waals surface area (Å²) in [6.07, 6.45) is 6.73. The van der Waals surface area contributed by atoms with E-state index in [4.69, 9.17) is 9.73 Å². The van der Waals surface area contributed by atoms with Crippen molar-refractivity contribution in [2.45, 2.75) is 25.9 Å². The zero-order valence-corrected chi connectivity index (χ0v) is 19.8. The van der Waals surface area contributed by atoms with Gasteiger partial charge in [-0.2, -0.15) is 0 Å². The highest BCUT2D eigenvalue weighted by Gasteiger charge is 2.52. The number of aryl methyl sites for hydroxylation is 1. The number of rotatable bonds is 7. The third-order valence-electron chi connectivity index (χ3n) is 6.68. The van der Waals surface area contributed by atoms with Crippen LogP contribution in [0.25, 0.3) is 6.08 Å². The first-order valence-corrected chi connectivity index (χ1v) is 11.8. The molecule has 9 heteroatoms. The van der Waals surface area contributed by atoms with Crippen LogP contribution in [-0.2, 0) is 16.1 Å². The zero-order chi connectivity index (χ0) is 23.7. The van der Waals surface area contributed by atoms with Gasteiger partial charge in [-0.1, -0.05) is 47.5 Å². The van der Waals surface area contributed by atoms with Gasteiger partial charge in [0.05, 0.1) is 19.8 Å². The van der Waals surface area contributed by atoms with Crippen molar-refractivity contribution in [2.75, 3.05) is 46.4 Å². The van der Waals surface area contributed by atoms with Crippen LogP contribution < -0.4 is 4.57 Å². The molecule has 0 saturated carbocycles. The average molecular weight is 464 g/mol. The van der Waals surface area contributed by atoms with Gasteiger partial charge in [-0.15, -0.1) is 0 Å². The molecule has 3 aliphatic rings. The number of carbonyl (C=O) groups is 2. The highest BCUT2D eigenvalue weighted by atomic mass is 16.5. The Hall–Kier alpha value is -3.30. The number of fused-ring (bicyclic) bond motifs is 3. The Balaban J connectivity index is 1.32. The quantitative estimate of drug-likeness (QED) is 0.589. The van der Waals surface area contributed by atoms with Gasteiger partial charge in [-0.25, -0.2) is 13.9 Å². The van der Waals surface area contributed by atoms with Crippen molar-refractivity contribution >= 4 is 29.8 Å². The molecule has 2 saturated heterocycles. The number of aromatic nitrogens is 2. The van der Waals surface area contributed by atoms with Crippen molar-refractivity contribution in [1.82, 2.24) is 19.3 Å². The number of amides is 3. The molecule has 3 amide bonds. The highest BCUT2D eigenvalue weighted by molar-refractivity contribution is 6.19. The summed E-state index contributed by atoms with van der Waals surface area (Å²) in [4.78, 5) is 36.4. The first-order valence-electron chi connectivity index (χ1n) is 11.8. The number of imidazole rings is 1. The molecule has 1 atom stereocenters. The summed E-state index contributed by atoms with van der Waals surface area (Å²) >= 11 is 0. The van der Waals surface area contributed by atoms with E-state index in [9.17, 15) is 9.59 Å². The summed E-state index contributed by atoms with van der Waals surface area (Å²) in [5.74, 6) is 0.984. The predicted octanol–water partition coefficient (Wildman–Crippen LogP) is 2.00. The van der Waals surface area contributed by atoms with Gasteiger partial charge in [0.15, 0.2) is 0 Å². The molecule has 34 heavy (non-hydrogen) atoms. The Morgan fingerprint density at radius 3 is 2.68 bits per heavy atom. The molecule has 0 spiro atoms. The van der Waals surface area contributed by atoms with Gasteiger partial charge >= 0.3 is 12.0 Å². The number of aliphatic imine (C=N–C) groups is 1. The largest absolute Gasteiger partial charge is 0.401 e. The summed E-state index contributed by atoms with van der Waals surface area (Å²) in [6.45, 7) is 7.60. The third-order valence-corrected chi connectivity index (χ3v) is 6.68. The molecule has 1 unspecified atom stereocenters. The number of benzene rings is 1. The van der Waals surface area contributed by atoms with Gasteiger partial charge in [-0.3, -0.25) is 19.5 Å². The van der Waals surface area contributed by atoms with Crippen LogP contribution in [-0.4, -0.2) is 83.5 Å². The lowest BCUT2D eigenvalue weighted by Gasteiger charge is -2.32. The smallest absolute Gasteiger partial charge is 0.379 e. The summed E-state index contributed by atoms with van der Waals surface area (Å²) in [7, 11) is 1.69. The van der Waals surface area contributed by atoms with E-state index in [1.165, 1.54) is 9.80 Å². The van der Waals surface area contributed by atoms with E-state index in [-0.39, 0.29) is 18.5 Å². The minimum absolute atomic E-state index is 0.218. The van der Waals surface area contributed by atoms with Gasteiger partial charge in [0.2, 0.25) is 11.9 Å². The van der Waals surface area contributed by atoms with E-state index >= 15 is 0 Å². The van der Waals surface area contributed by atoms with Crippen molar-refractivity contribution in [3.05, 3.63) is 53.9 Å². The Morgan fingerprint density at radius 2 is 1.91 bits per heavy atom. The van der Waals surface area contributed by atoms with Crippen LogP contribution in [0.2, 0.25) is 0 Å². The lowest BCUT2D eigenvalue weighted by atomic mass is 10.1. The first-order chi connectivity index (χ1) is 16.5. The highest BCUT2D eigenvalue weighted by Crippen LogP contribution is 2.29. The van der Waals surface area contributed by atoms with E-state index in [2.05, 4.69) is 9.47 Å². The fourth-order valence-electron chi connectivity index (χ4n) is 4.81. The van der Waals surface area contributed by atoms with Crippen LogP contribution in [0.1, 0.15) is 23.7 Å². The first kappa shape index (κ1) is 22.5. The fraction of sp³-hybridized carbons (Fsp3) is 0.440. The molecular weight excluding hydrogens is 432 g/mol. The van der Waals surface area contributed by atoms with E-state index in [1.807, 2.05) is 60.2 Å². The zero-order valence-electron chi connectivity index (χ0n) is 19.8. The van der Waals surface area contributed by atoms with Gasteiger partial charge in [0, 0.05) is 33.2 Å². The summed E-state index contributed by atoms with van der Waals surface area (Å²) in [5, 5.41) is 0. The maximum absolute atomic E-state index is 13.4. The molecule has 0 radical (unpaired) electrons. The molecule has 4 heterocycles. The van der Waals surface area contributed by atoms with Gasteiger partial charge < -0.3 is 4.74 Å². The second-order valence-corrected chi connectivity index (χ2v) is 8.91. The molecule has 178 valence electrons. The van der Waals surface area contributed by atoms with Gasteiger partial charge in [0.25, 0.3) is 5.91 Å². The number of urea groups is 1. The van der Waals surface area contributed by atoms with Crippen LogP contribution in [0.3, 0.4) is 0 Å². The van der Waals surface area contributed by atoms with E-state index in [0.717, 1.165) is 63.0 Å². The van der Waals surface area contributed by atoms with E-state index in [1.54, 1.807) is 7.05 Å². The maximum atomic E-state index is 13.4. The predicted molar refractivity (Wildman–Crippen MR) is 128 cm³/mol. The number of nitrogens with zero attached hydrogens (tertiary/aromatic N) is 6. The van der Waals surface area contributed by atoms with Gasteiger partial charge in [-0.05, 0) is 18.9 Å². The number of imide groups is 1. The Bertz CT molecular complexity index is 1130. The van der Waals surface area contributed by atoms with Crippen LogP contribution in [0.4, 0.5) is 10.7 Å². The maximum Gasteiger partial charge on any atom is 0.401 e. The number of carbonyl (C=O) groups excluding carboxylic acids is 2. The molecule has 9 nitrogen and oxygen atoms in total. The Morgan fingerprint density at radius 1 is 1.15 bits per heavy atom. The molecular formula is C25H31N6O3+. The Kier molecular flexibility index (Phi) is 6.30. The molecule has 1 aromatic carbocycles. The normalized spacial score (nSPS) is 20.8. The molecule has 1 aromatic heterocycles. The summed E-state index contributed by atoms with van der Waals surface area (Å²) in [6, 6.07) is 8.88. The van der Waals surface area contributed by atoms with Crippen molar-refractivity contribution in [3.63, 3.8) is 0 Å². The lowest BCUT2D eigenvalue weighted by Crippen LogP contribution is -2.62. The van der Waals surface area contributed by atoms with Crippen molar-refractivity contribution in [1.29, 1.82) is 0 Å². The SMILES string of the molecule is Cc1c[n+]2c(n1CCCN1CCOCC1)N=C1C2C(=O)N(C/C=C/c2ccccc2)C(=O)N1C. The van der Waals surface area contributed by atoms with Gasteiger partial charge in [0.1, 0.15) is 11.9 Å². The molecule has 2 aromatic rings. The second-order valence-electron chi connectivity index (χ2n) is 8.91. The minimum Gasteiger partial charge on any atom is -0.379 e. The number of morpholine rings is 1. The monoisotopic (exact) mass is 463 g/mol. The Labute approximate surface area is 199 Å². The number of likely N-dealkylation sites (N-methyl/N-ethyl adjacent to an activating group) is 1. The van der Waals surface area contributed by atoms with E-state index < -0.39 is 6.04 Å². The number of hydrogen-bond acceptors (Lipinski definition) is 5. The van der Waals surface area contributed by atoms with Crippen LogP contribution in [0, 0.1) is 6.92 Å². The lowest BCUT2D eigenvalue weighted by molar-refractivity contribution is -0.677. The summed E-state index contributed by atoms with van der Waals surface area (Å²) < 4.78 is 9.49. The molecule has 0 N–H and O–H groups in total. The molecule has 0 bridgehead atoms. The minimum atomic E-state index is -0.609. The number of hydrogen-bond donors (Lipinski definition) is 0. The fourth-order valence-corrected chi connectivity index (χ4v) is 4.81. The second kappa shape index (κ2) is 9.52. The molecule has 0 aliphatic carbocycles. The summed E-state index contributed by atoms with van der Waals surface area (Å²) in [5.41, 5.74) is 2.08. The molecule has 5 rings (SSSR count). The molecule has 2 fully saturated rings. The van der Waals surface area contributed by atoms with Crippen molar-refractivity contribution in [2.24, 2.45) is 4.99 Å². The number of ether oxygens (including phenoxy) is 1. The topological polar surface area (TPSA) is 74.3 Å². The van der Waals surface area contributed by atoms with Crippen LogP contribution in [0.15, 0.2) is 47.6 Å². The molecule has 3 aliphatic heterocycles. The van der Waals surface area contributed by atoms with Crippen LogP contribution in [0.5, 0.6) is 0 Å². The average Bonchev–Trinajstić information content (AvgIpc) is 3.36. The number of amidine groups is 1.